The Balaban J connectivity index is 0.000000206. The third kappa shape index (κ3) is 7.90. The van der Waals surface area contributed by atoms with Gasteiger partial charge in [-0.3, -0.25) is 19.7 Å². The summed E-state index contributed by atoms with van der Waals surface area (Å²) in [7, 11) is 3.60. The molecule has 0 aromatic rings. The Labute approximate surface area is 387 Å². The van der Waals surface area contributed by atoms with Gasteiger partial charge in [0.1, 0.15) is 17.7 Å². The summed E-state index contributed by atoms with van der Waals surface area (Å²) in [6.07, 6.45) is 14.9. The Morgan fingerprint density at radius 1 is 0.703 bits per heavy atom. The highest BCUT2D eigenvalue weighted by atomic mass is 16.6. The maximum Gasteiger partial charge on any atom is 0.414 e. The molecule has 2 heterocycles. The molecule has 8 rings (SSSR count). The molecule has 2 aliphatic heterocycles. The number of imide groups is 1. The molecule has 0 aromatic heterocycles. The normalized spacial score (nSPS) is 49.4. The van der Waals surface area contributed by atoms with Crippen molar-refractivity contribution in [2.45, 2.75) is 203 Å². The molecule has 5 unspecified atom stereocenters. The van der Waals surface area contributed by atoms with Gasteiger partial charge in [0.25, 0.3) is 0 Å². The molecule has 0 radical (unpaired) electrons. The number of unbranched alkanes of at least 4 members (excludes halogenated alkanes) is 2. The molecule has 6 bridgehead atoms. The van der Waals surface area contributed by atoms with Crippen molar-refractivity contribution in [2.75, 3.05) is 33.9 Å². The molecular formula is C54H90N2O8. The van der Waals surface area contributed by atoms with Gasteiger partial charge in [0.2, 0.25) is 5.91 Å². The summed E-state index contributed by atoms with van der Waals surface area (Å²) in [5, 5.41) is 14.2. The second-order valence-corrected chi connectivity index (χ2v) is 24.4. The van der Waals surface area contributed by atoms with Crippen molar-refractivity contribution >= 4 is 23.6 Å². The number of aliphatic hydroxyl groups excluding tert-OH is 1. The Morgan fingerprint density at radius 2 is 1.19 bits per heavy atom. The summed E-state index contributed by atoms with van der Waals surface area (Å²) in [5.41, 5.74) is -1.61. The molecule has 8 fully saturated rings. The molecule has 364 valence electrons. The average molecular weight is 895 g/mol. The van der Waals surface area contributed by atoms with Crippen LogP contribution in [0.15, 0.2) is 0 Å². The van der Waals surface area contributed by atoms with Gasteiger partial charge in [0, 0.05) is 66.7 Å². The minimum absolute atomic E-state index is 0.00783. The van der Waals surface area contributed by atoms with Crippen molar-refractivity contribution in [3.63, 3.8) is 0 Å². The first-order chi connectivity index (χ1) is 30.2. The monoisotopic (exact) mass is 895 g/mol. The average Bonchev–Trinajstić information content (AvgIpc) is 4.09. The number of ether oxygens (including phenoxy) is 3. The Morgan fingerprint density at radius 3 is 1.66 bits per heavy atom. The number of piperidine rings is 1. The van der Waals surface area contributed by atoms with Crippen molar-refractivity contribution in [3.05, 3.63) is 0 Å². The number of alkyl carbamates (subject to hydrolysis) is 1. The molecule has 10 nitrogen and oxygen atoms in total. The largest absolute Gasteiger partial charge is 0.445 e. The quantitative estimate of drug-likeness (QED) is 0.220. The fourth-order valence-electron chi connectivity index (χ4n) is 17.2. The van der Waals surface area contributed by atoms with E-state index >= 15 is 0 Å². The lowest BCUT2D eigenvalue weighted by atomic mass is 9.43. The SMILES string of the molecule is CCCC[C@]1(C)C[C@@H](O)[C@@]2(C)C3[C@H](OC)CCC3(CC[C@H]2C)[C@@H](C)C1=O.CCCC[C@]1(C)C[C@@H](OC(=O)NC(=O)[C@H]2CN3CC[C@@H]2C3)[C@@]2(C)C3[C@H](OC)CCC3(CC[C@H]2C)[C@@H](C)C1=O. The predicted molar refractivity (Wildman–Crippen MR) is 250 cm³/mol. The number of fused-ring (bicyclic) bond motifs is 2. The highest BCUT2D eigenvalue weighted by molar-refractivity contribution is 5.94. The number of hydrogen-bond acceptors (Lipinski definition) is 9. The maximum atomic E-state index is 14.3. The molecule has 2 amide bonds. The van der Waals surface area contributed by atoms with Crippen molar-refractivity contribution in [1.82, 2.24) is 10.2 Å². The van der Waals surface area contributed by atoms with Gasteiger partial charge in [-0.05, 0) is 125 Å². The molecule has 0 aromatic carbocycles. The lowest BCUT2D eigenvalue weighted by Crippen LogP contribution is -2.63. The van der Waals surface area contributed by atoms with E-state index in [-0.39, 0.29) is 69.4 Å². The van der Waals surface area contributed by atoms with Crippen molar-refractivity contribution < 1.29 is 38.5 Å². The Kier molecular flexibility index (Phi) is 14.5. The van der Waals surface area contributed by atoms with Crippen LogP contribution in [0.1, 0.15) is 178 Å². The zero-order chi connectivity index (χ0) is 46.8. The minimum atomic E-state index is -0.645. The topological polar surface area (TPSA) is 131 Å². The van der Waals surface area contributed by atoms with E-state index in [0.717, 1.165) is 116 Å². The van der Waals surface area contributed by atoms with Crippen molar-refractivity contribution in [3.8, 4) is 0 Å². The molecule has 0 spiro atoms. The van der Waals surface area contributed by atoms with Crippen LogP contribution in [0.5, 0.6) is 0 Å². The van der Waals surface area contributed by atoms with Crippen LogP contribution in [0, 0.1) is 79.8 Å². The number of Topliss-reactive ketones (excluding diaryl/α,β-unsaturated/α-hetero) is 2. The van der Waals surface area contributed by atoms with Crippen LogP contribution in [0.2, 0.25) is 0 Å². The summed E-state index contributed by atoms with van der Waals surface area (Å²) in [5.74, 6) is 1.90. The van der Waals surface area contributed by atoms with Gasteiger partial charge in [-0.25, -0.2) is 4.79 Å². The molecular weight excluding hydrogens is 805 g/mol. The van der Waals surface area contributed by atoms with E-state index in [0.29, 0.717) is 42.2 Å². The number of nitrogens with one attached hydrogen (secondary N) is 1. The highest BCUT2D eigenvalue weighted by Crippen LogP contribution is 2.70. The molecule has 6 saturated carbocycles. The zero-order valence-electron chi connectivity index (χ0n) is 42.3. The predicted octanol–water partition coefficient (Wildman–Crippen LogP) is 10.2. The lowest BCUT2D eigenvalue weighted by Gasteiger charge is -2.61. The highest BCUT2D eigenvalue weighted by Gasteiger charge is 2.70. The summed E-state index contributed by atoms with van der Waals surface area (Å²) < 4.78 is 18.4. The first-order valence-corrected chi connectivity index (χ1v) is 26.2. The van der Waals surface area contributed by atoms with Gasteiger partial charge < -0.3 is 24.2 Å². The number of methoxy groups -OCH3 is 2. The van der Waals surface area contributed by atoms with Gasteiger partial charge in [0.05, 0.1) is 24.2 Å². The van der Waals surface area contributed by atoms with Crippen LogP contribution in [-0.2, 0) is 28.6 Å². The van der Waals surface area contributed by atoms with E-state index in [9.17, 15) is 24.3 Å². The van der Waals surface area contributed by atoms with E-state index < -0.39 is 29.1 Å². The fourth-order valence-corrected chi connectivity index (χ4v) is 17.2. The van der Waals surface area contributed by atoms with Gasteiger partial charge in [-0.2, -0.15) is 0 Å². The summed E-state index contributed by atoms with van der Waals surface area (Å²) in [4.78, 5) is 56.9. The van der Waals surface area contributed by atoms with E-state index in [2.05, 4.69) is 79.5 Å². The van der Waals surface area contributed by atoms with Crippen molar-refractivity contribution in [1.29, 1.82) is 0 Å². The van der Waals surface area contributed by atoms with Crippen LogP contribution < -0.4 is 5.32 Å². The van der Waals surface area contributed by atoms with Gasteiger partial charge in [-0.1, -0.05) is 94.9 Å². The van der Waals surface area contributed by atoms with Crippen LogP contribution in [0.4, 0.5) is 4.79 Å². The van der Waals surface area contributed by atoms with E-state index in [1.807, 2.05) is 7.11 Å². The number of rotatable bonds is 10. The molecule has 6 aliphatic carbocycles. The number of hydrogen-bond donors (Lipinski definition) is 2. The zero-order valence-corrected chi connectivity index (χ0v) is 42.3. The molecule has 19 atom stereocenters. The van der Waals surface area contributed by atoms with E-state index in [1.165, 1.54) is 0 Å². The van der Waals surface area contributed by atoms with Crippen LogP contribution in [0.3, 0.4) is 0 Å². The number of amides is 2. The maximum absolute atomic E-state index is 14.3. The summed E-state index contributed by atoms with van der Waals surface area (Å²) in [6.45, 7) is 24.9. The molecule has 10 heteroatoms. The molecule has 8 aliphatic rings. The van der Waals surface area contributed by atoms with E-state index in [4.69, 9.17) is 14.2 Å². The summed E-state index contributed by atoms with van der Waals surface area (Å²) in [6, 6.07) is 0. The van der Waals surface area contributed by atoms with Gasteiger partial charge in [0.15, 0.2) is 0 Å². The van der Waals surface area contributed by atoms with Crippen LogP contribution in [-0.4, -0.2) is 91.8 Å². The van der Waals surface area contributed by atoms with Gasteiger partial charge >= 0.3 is 6.09 Å². The fraction of sp³-hybridized carbons (Fsp3) is 0.926. The molecule has 64 heavy (non-hydrogen) atoms. The standard InChI is InChI=1S/C31H50N2O5.C23H40O3/c1-7-8-12-29(4)16-24(38-28(36)32-27(35)22-18-33-15-11-21(22)17-33)30(5)19(2)9-13-31(20(3)26(29)34)14-10-23(37-6)25(30)31;1-7-8-11-21(4)14-18(24)22(5)15(2)9-12-23(16(3)20(21)25)13-10-17(26-6)19(22)23/h19-25H,7-18H2,1-6H3,(H,32,35,36);15-19,24H,7-14H2,1-6H3/t19-,20+,21-,22+,23-,24-,25?,29-,30+,31?;15-,16+,17-,18-,19?,21-,22+,23?/m11/s1. The second-order valence-electron chi connectivity index (χ2n) is 24.4. The van der Waals surface area contributed by atoms with Crippen LogP contribution in [0.25, 0.3) is 0 Å². The Bertz CT molecular complexity index is 1740. The Hall–Kier alpha value is -1.88. The number of carbonyl (C=O) groups excluding carboxylic acids is 4. The number of carbonyl (C=O) groups is 4. The third-order valence-corrected chi connectivity index (χ3v) is 21.6. The lowest BCUT2D eigenvalue weighted by molar-refractivity contribution is -0.192. The minimum Gasteiger partial charge on any atom is -0.445 e. The number of nitrogens with zero attached hydrogens (tertiary/aromatic N) is 1. The number of aliphatic hydroxyl groups is 1. The van der Waals surface area contributed by atoms with Gasteiger partial charge in [-0.15, -0.1) is 0 Å². The number of ketones is 2. The van der Waals surface area contributed by atoms with E-state index in [1.54, 1.807) is 7.11 Å². The second kappa shape index (κ2) is 18.6. The smallest absolute Gasteiger partial charge is 0.414 e. The van der Waals surface area contributed by atoms with Crippen molar-refractivity contribution in [2.24, 2.45) is 79.8 Å². The summed E-state index contributed by atoms with van der Waals surface area (Å²) >= 11 is 0. The third-order valence-electron chi connectivity index (χ3n) is 21.6. The first kappa shape index (κ1) is 50.0. The molecule has 2 N–H and O–H groups in total. The first-order valence-electron chi connectivity index (χ1n) is 26.2. The van der Waals surface area contributed by atoms with Crippen LogP contribution >= 0.6 is 0 Å². The molecule has 2 saturated heterocycles.